The summed E-state index contributed by atoms with van der Waals surface area (Å²) in [5.41, 5.74) is 0. The molecule has 75 heavy (non-hydrogen) atoms. The molecule has 0 rings (SSSR count). The number of aliphatic hydroxyl groups excluding tert-OH is 1. The molecular formula is C66H131N2O6P. The van der Waals surface area contributed by atoms with E-state index in [1.165, 1.54) is 270 Å². The van der Waals surface area contributed by atoms with E-state index in [1.807, 2.05) is 21.1 Å². The number of carbonyl (C=O) groups is 1. The van der Waals surface area contributed by atoms with Crippen LogP contribution in [0.1, 0.15) is 341 Å². The van der Waals surface area contributed by atoms with E-state index in [0.29, 0.717) is 23.9 Å². The largest absolute Gasteiger partial charge is 0.756 e. The van der Waals surface area contributed by atoms with Gasteiger partial charge in [-0.2, -0.15) is 0 Å². The van der Waals surface area contributed by atoms with Crippen LogP contribution in [0.3, 0.4) is 0 Å². The first-order chi connectivity index (χ1) is 36.5. The van der Waals surface area contributed by atoms with Gasteiger partial charge in [0.25, 0.3) is 7.82 Å². The van der Waals surface area contributed by atoms with Gasteiger partial charge in [0.1, 0.15) is 13.2 Å². The van der Waals surface area contributed by atoms with Gasteiger partial charge < -0.3 is 28.8 Å². The molecule has 0 heterocycles. The summed E-state index contributed by atoms with van der Waals surface area (Å²) in [7, 11) is 1.32. The first-order valence-corrected chi connectivity index (χ1v) is 34.6. The highest BCUT2D eigenvalue weighted by atomic mass is 31.2. The summed E-state index contributed by atoms with van der Waals surface area (Å²) in [6.45, 7) is 4.75. The first kappa shape index (κ1) is 74.0. The van der Waals surface area contributed by atoms with Crippen molar-refractivity contribution < 1.29 is 32.9 Å². The Morgan fingerprint density at radius 2 is 0.773 bits per heavy atom. The molecule has 0 spiro atoms. The van der Waals surface area contributed by atoms with Crippen molar-refractivity contribution in [3.63, 3.8) is 0 Å². The van der Waals surface area contributed by atoms with Crippen LogP contribution in [0.4, 0.5) is 0 Å². The summed E-state index contributed by atoms with van der Waals surface area (Å²) in [4.78, 5) is 25.5. The van der Waals surface area contributed by atoms with Crippen LogP contribution in [0.5, 0.6) is 0 Å². The van der Waals surface area contributed by atoms with Gasteiger partial charge in [-0.3, -0.25) is 9.36 Å². The van der Waals surface area contributed by atoms with Crippen molar-refractivity contribution in [1.82, 2.24) is 5.32 Å². The monoisotopic (exact) mass is 1080 g/mol. The molecule has 0 aromatic heterocycles. The Morgan fingerprint density at radius 1 is 0.467 bits per heavy atom. The quantitative estimate of drug-likeness (QED) is 0.0272. The second kappa shape index (κ2) is 57.7. The lowest BCUT2D eigenvalue weighted by atomic mass is 10.0. The third-order valence-electron chi connectivity index (χ3n) is 15.4. The van der Waals surface area contributed by atoms with Crippen LogP contribution in [0.15, 0.2) is 24.3 Å². The van der Waals surface area contributed by atoms with E-state index in [9.17, 15) is 19.4 Å². The molecule has 0 bridgehead atoms. The Morgan fingerprint density at radius 3 is 1.11 bits per heavy atom. The number of aliphatic hydroxyl groups is 1. The van der Waals surface area contributed by atoms with Gasteiger partial charge in [-0.05, 0) is 44.9 Å². The smallest absolute Gasteiger partial charge is 0.268 e. The van der Waals surface area contributed by atoms with Crippen molar-refractivity contribution in [3.8, 4) is 0 Å². The van der Waals surface area contributed by atoms with Crippen molar-refractivity contribution in [1.29, 1.82) is 0 Å². The molecule has 0 aromatic carbocycles. The number of nitrogens with one attached hydrogen (secondary N) is 1. The predicted molar refractivity (Wildman–Crippen MR) is 325 cm³/mol. The van der Waals surface area contributed by atoms with Gasteiger partial charge in [0.05, 0.1) is 39.9 Å². The molecule has 3 unspecified atom stereocenters. The number of unbranched alkanes of at least 4 members (excludes halogenated alkanes) is 45. The number of quaternary nitrogens is 1. The van der Waals surface area contributed by atoms with Crippen molar-refractivity contribution >= 4 is 13.7 Å². The van der Waals surface area contributed by atoms with Crippen LogP contribution in [-0.2, 0) is 18.4 Å². The van der Waals surface area contributed by atoms with Gasteiger partial charge >= 0.3 is 0 Å². The van der Waals surface area contributed by atoms with E-state index in [1.54, 1.807) is 0 Å². The van der Waals surface area contributed by atoms with E-state index in [2.05, 4.69) is 43.5 Å². The van der Waals surface area contributed by atoms with E-state index in [0.717, 1.165) is 44.9 Å². The van der Waals surface area contributed by atoms with Gasteiger partial charge in [-0.1, -0.05) is 314 Å². The maximum absolute atomic E-state index is 13.0. The lowest BCUT2D eigenvalue weighted by molar-refractivity contribution is -0.870. The van der Waals surface area contributed by atoms with Gasteiger partial charge in [-0.25, -0.2) is 0 Å². The minimum atomic E-state index is -4.57. The van der Waals surface area contributed by atoms with Crippen molar-refractivity contribution in [2.75, 3.05) is 40.9 Å². The number of carbonyl (C=O) groups excluding carboxylic acids is 1. The Labute approximate surface area is 468 Å². The van der Waals surface area contributed by atoms with Crippen LogP contribution < -0.4 is 10.2 Å². The number of phosphoric ester groups is 1. The topological polar surface area (TPSA) is 108 Å². The molecule has 0 fully saturated rings. The molecule has 0 saturated heterocycles. The number of rotatable bonds is 62. The van der Waals surface area contributed by atoms with E-state index >= 15 is 0 Å². The van der Waals surface area contributed by atoms with E-state index in [-0.39, 0.29) is 19.1 Å². The molecule has 0 saturated carbocycles. The standard InChI is InChI=1S/C66H131N2O6P/c1-6-8-10-12-14-16-18-20-22-23-24-25-26-27-28-29-30-31-32-33-34-35-36-37-38-39-40-41-42-43-44-45-46-48-50-52-54-56-58-60-66(70)67-64(63-74-75(71,72)73-62-61-68(3,4)5)65(69)59-57-55-53-51-49-47-21-19-17-15-13-11-9-7-2/h18,20,23-24,64-65,69H,6-17,19,21-22,25-63H2,1-5H3,(H-,67,70,71,72)/b20-18-,24-23-. The third-order valence-corrected chi connectivity index (χ3v) is 16.4. The number of likely N-dealkylation sites (N-methyl/N-ethyl adjacent to an activating group) is 1. The molecule has 2 N–H and O–H groups in total. The Hall–Kier alpha value is -1.02. The van der Waals surface area contributed by atoms with Crippen LogP contribution in [0.2, 0.25) is 0 Å². The molecule has 3 atom stereocenters. The highest BCUT2D eigenvalue weighted by Gasteiger charge is 2.24. The fraction of sp³-hybridized carbons (Fsp3) is 0.924. The van der Waals surface area contributed by atoms with Crippen LogP contribution in [0.25, 0.3) is 0 Å². The van der Waals surface area contributed by atoms with Gasteiger partial charge in [-0.15, -0.1) is 0 Å². The zero-order chi connectivity index (χ0) is 54.9. The van der Waals surface area contributed by atoms with Crippen LogP contribution in [-0.4, -0.2) is 68.5 Å². The van der Waals surface area contributed by atoms with Crippen molar-refractivity contribution in [2.24, 2.45) is 0 Å². The molecule has 0 radical (unpaired) electrons. The maximum atomic E-state index is 13.0. The molecule has 0 aliphatic carbocycles. The summed E-state index contributed by atoms with van der Waals surface area (Å²) in [5.74, 6) is -0.158. The number of nitrogens with zero attached hydrogens (tertiary/aromatic N) is 1. The molecule has 0 aromatic rings. The lowest BCUT2D eigenvalue weighted by Gasteiger charge is -2.30. The number of hydrogen-bond donors (Lipinski definition) is 2. The molecule has 1 amide bonds. The maximum Gasteiger partial charge on any atom is 0.268 e. The zero-order valence-corrected chi connectivity index (χ0v) is 51.9. The molecule has 8 nitrogen and oxygen atoms in total. The molecule has 9 heteroatoms. The molecular weight excluding hydrogens is 948 g/mol. The summed E-state index contributed by atoms with van der Waals surface area (Å²) in [6, 6.07) is -0.797. The summed E-state index contributed by atoms with van der Waals surface area (Å²) >= 11 is 0. The van der Waals surface area contributed by atoms with Crippen molar-refractivity contribution in [2.45, 2.75) is 353 Å². The highest BCUT2D eigenvalue weighted by Crippen LogP contribution is 2.38. The first-order valence-electron chi connectivity index (χ1n) is 33.2. The zero-order valence-electron chi connectivity index (χ0n) is 51.0. The Kier molecular flexibility index (Phi) is 56.9. The fourth-order valence-electron chi connectivity index (χ4n) is 10.3. The summed E-state index contributed by atoms with van der Waals surface area (Å²) in [6.07, 6.45) is 74.0. The number of hydrogen-bond acceptors (Lipinski definition) is 6. The average molecular weight is 1080 g/mol. The molecule has 446 valence electrons. The predicted octanol–water partition coefficient (Wildman–Crippen LogP) is 20.1. The molecule has 0 aliphatic rings. The Bertz CT molecular complexity index is 1270. The minimum absolute atomic E-state index is 0.0153. The van der Waals surface area contributed by atoms with Crippen LogP contribution in [0, 0.1) is 0 Å². The number of allylic oxidation sites excluding steroid dienone is 4. The molecule has 0 aliphatic heterocycles. The van der Waals surface area contributed by atoms with Crippen LogP contribution >= 0.6 is 7.82 Å². The summed E-state index contributed by atoms with van der Waals surface area (Å²) < 4.78 is 23.4. The number of phosphoric acid groups is 1. The van der Waals surface area contributed by atoms with E-state index < -0.39 is 20.0 Å². The van der Waals surface area contributed by atoms with Gasteiger partial charge in [0, 0.05) is 6.42 Å². The second-order valence-electron chi connectivity index (χ2n) is 24.2. The summed E-state index contributed by atoms with van der Waals surface area (Å²) in [5, 5.41) is 14.0. The van der Waals surface area contributed by atoms with Crippen molar-refractivity contribution in [3.05, 3.63) is 24.3 Å². The second-order valence-corrected chi connectivity index (χ2v) is 25.6. The third kappa shape index (κ3) is 60.5. The lowest BCUT2D eigenvalue weighted by Crippen LogP contribution is -2.46. The van der Waals surface area contributed by atoms with Gasteiger partial charge in [0.2, 0.25) is 5.91 Å². The average Bonchev–Trinajstić information content (AvgIpc) is 3.37. The van der Waals surface area contributed by atoms with Gasteiger partial charge in [0.15, 0.2) is 0 Å². The highest BCUT2D eigenvalue weighted by molar-refractivity contribution is 7.45. The minimum Gasteiger partial charge on any atom is -0.756 e. The normalized spacial score (nSPS) is 13.9. The SMILES string of the molecule is CCCCCCC/C=C\C/C=C\CCCCCCCCCCCCCCCCCCCCCCCCCCCCCC(=O)NC(COP(=O)([O-])OCC[N+](C)(C)C)C(O)CCCCCCCCCCCCCCCC. The van der Waals surface area contributed by atoms with E-state index in [4.69, 9.17) is 9.05 Å². The Balaban J connectivity index is 3.84. The number of amides is 1. The fourth-order valence-corrected chi connectivity index (χ4v) is 11.0.